The van der Waals surface area contributed by atoms with Gasteiger partial charge in [0.25, 0.3) is 0 Å². The minimum atomic E-state index is 0.316. The van der Waals surface area contributed by atoms with Crippen molar-refractivity contribution in [3.8, 4) is 0 Å². The zero-order valence-corrected chi connectivity index (χ0v) is 10.5. The molecule has 3 rings (SSSR count). The molecule has 18 heavy (non-hydrogen) atoms. The SMILES string of the molecule is c1ccc(CC2CSC(c3nccnn3)=N2)cc1. The Hall–Kier alpha value is -1.75. The third-order valence-corrected chi connectivity index (χ3v) is 3.81. The van der Waals surface area contributed by atoms with Crippen LogP contribution in [0.3, 0.4) is 0 Å². The Morgan fingerprint density at radius 2 is 2.06 bits per heavy atom. The van der Waals surface area contributed by atoms with Crippen LogP contribution in [0, 0.1) is 0 Å². The van der Waals surface area contributed by atoms with Gasteiger partial charge < -0.3 is 0 Å². The summed E-state index contributed by atoms with van der Waals surface area (Å²) in [7, 11) is 0. The van der Waals surface area contributed by atoms with Gasteiger partial charge in [-0.3, -0.25) is 4.99 Å². The number of aromatic nitrogens is 3. The Kier molecular flexibility index (Phi) is 3.32. The molecule has 1 atom stereocenters. The number of hydrogen-bond donors (Lipinski definition) is 0. The van der Waals surface area contributed by atoms with Gasteiger partial charge in [-0.25, -0.2) is 4.98 Å². The zero-order valence-electron chi connectivity index (χ0n) is 9.73. The van der Waals surface area contributed by atoms with Gasteiger partial charge in [-0.05, 0) is 12.0 Å². The van der Waals surface area contributed by atoms with Crippen molar-refractivity contribution in [2.45, 2.75) is 12.5 Å². The van der Waals surface area contributed by atoms with E-state index in [0.717, 1.165) is 17.2 Å². The molecule has 4 nitrogen and oxygen atoms in total. The summed E-state index contributed by atoms with van der Waals surface area (Å²) in [5, 5.41) is 8.73. The van der Waals surface area contributed by atoms with E-state index >= 15 is 0 Å². The van der Waals surface area contributed by atoms with Gasteiger partial charge in [0.15, 0.2) is 0 Å². The van der Waals surface area contributed by atoms with Crippen molar-refractivity contribution in [3.63, 3.8) is 0 Å². The highest BCUT2D eigenvalue weighted by Crippen LogP contribution is 2.23. The fraction of sp³-hybridized carbons (Fsp3) is 0.231. The van der Waals surface area contributed by atoms with E-state index < -0.39 is 0 Å². The summed E-state index contributed by atoms with van der Waals surface area (Å²) >= 11 is 1.71. The van der Waals surface area contributed by atoms with Crippen molar-refractivity contribution in [1.82, 2.24) is 15.2 Å². The third kappa shape index (κ3) is 2.56. The van der Waals surface area contributed by atoms with Crippen LogP contribution in [0.1, 0.15) is 11.4 Å². The van der Waals surface area contributed by atoms with Crippen molar-refractivity contribution in [2.24, 2.45) is 4.99 Å². The van der Waals surface area contributed by atoms with Crippen molar-refractivity contribution in [3.05, 3.63) is 54.1 Å². The molecule has 0 fully saturated rings. The summed E-state index contributed by atoms with van der Waals surface area (Å²) in [6, 6.07) is 10.7. The van der Waals surface area contributed by atoms with E-state index in [1.54, 1.807) is 24.2 Å². The molecule has 1 aliphatic rings. The zero-order chi connectivity index (χ0) is 12.2. The summed E-state index contributed by atoms with van der Waals surface area (Å²) in [5.41, 5.74) is 1.32. The second-order valence-electron chi connectivity index (χ2n) is 4.06. The van der Waals surface area contributed by atoms with E-state index in [0.29, 0.717) is 11.9 Å². The van der Waals surface area contributed by atoms with Crippen molar-refractivity contribution >= 4 is 16.8 Å². The Morgan fingerprint density at radius 1 is 1.17 bits per heavy atom. The number of rotatable bonds is 3. The monoisotopic (exact) mass is 256 g/mol. The Balaban J connectivity index is 1.73. The van der Waals surface area contributed by atoms with Crippen LogP contribution >= 0.6 is 11.8 Å². The van der Waals surface area contributed by atoms with E-state index in [-0.39, 0.29) is 0 Å². The smallest absolute Gasteiger partial charge is 0.206 e. The first-order valence-corrected chi connectivity index (χ1v) is 6.79. The first-order chi connectivity index (χ1) is 8.92. The van der Waals surface area contributed by atoms with Crippen LogP contribution in [0.5, 0.6) is 0 Å². The van der Waals surface area contributed by atoms with Gasteiger partial charge in [-0.2, -0.15) is 5.10 Å². The maximum absolute atomic E-state index is 4.67. The van der Waals surface area contributed by atoms with E-state index in [9.17, 15) is 0 Å². The first kappa shape index (κ1) is 11.3. The lowest BCUT2D eigenvalue weighted by Gasteiger charge is -2.04. The summed E-state index contributed by atoms with van der Waals surface area (Å²) in [6.07, 6.45) is 4.19. The van der Waals surface area contributed by atoms with Gasteiger partial charge in [0.05, 0.1) is 12.2 Å². The lowest BCUT2D eigenvalue weighted by molar-refractivity contribution is 0.761. The molecule has 5 heteroatoms. The molecule has 1 unspecified atom stereocenters. The molecule has 0 saturated heterocycles. The Labute approximate surface area is 110 Å². The normalized spacial score (nSPS) is 18.7. The second-order valence-corrected chi connectivity index (χ2v) is 5.06. The molecule has 1 aliphatic heterocycles. The number of hydrogen-bond acceptors (Lipinski definition) is 5. The molecule has 2 aromatic rings. The van der Waals surface area contributed by atoms with Crippen LogP contribution in [0.15, 0.2) is 47.7 Å². The van der Waals surface area contributed by atoms with Gasteiger partial charge in [-0.15, -0.1) is 16.9 Å². The fourth-order valence-corrected chi connectivity index (χ4v) is 2.86. The lowest BCUT2D eigenvalue weighted by Crippen LogP contribution is -2.07. The van der Waals surface area contributed by atoms with Crippen molar-refractivity contribution in [2.75, 3.05) is 5.75 Å². The van der Waals surface area contributed by atoms with Gasteiger partial charge in [0.2, 0.25) is 5.82 Å². The molecule has 0 spiro atoms. The van der Waals surface area contributed by atoms with Gasteiger partial charge >= 0.3 is 0 Å². The van der Waals surface area contributed by atoms with E-state index in [2.05, 4.69) is 44.4 Å². The maximum atomic E-state index is 4.67. The molecule has 0 bridgehead atoms. The van der Waals surface area contributed by atoms with Gasteiger partial charge in [0.1, 0.15) is 5.04 Å². The van der Waals surface area contributed by atoms with Crippen LogP contribution in [0.4, 0.5) is 0 Å². The largest absolute Gasteiger partial charge is 0.270 e. The number of benzene rings is 1. The van der Waals surface area contributed by atoms with E-state index in [1.807, 2.05) is 6.07 Å². The van der Waals surface area contributed by atoms with E-state index in [1.165, 1.54) is 5.56 Å². The Bertz CT molecular complexity index is 541. The molecule has 1 aromatic carbocycles. The number of thioether (sulfide) groups is 1. The van der Waals surface area contributed by atoms with E-state index in [4.69, 9.17) is 0 Å². The van der Waals surface area contributed by atoms with Crippen LogP contribution in [0.2, 0.25) is 0 Å². The minimum Gasteiger partial charge on any atom is -0.270 e. The van der Waals surface area contributed by atoms with Gasteiger partial charge in [0, 0.05) is 11.9 Å². The van der Waals surface area contributed by atoms with Crippen molar-refractivity contribution < 1.29 is 0 Å². The summed E-state index contributed by atoms with van der Waals surface area (Å²) < 4.78 is 0. The number of nitrogens with zero attached hydrogens (tertiary/aromatic N) is 4. The topological polar surface area (TPSA) is 51.0 Å². The molecule has 0 N–H and O–H groups in total. The highest BCUT2D eigenvalue weighted by Gasteiger charge is 2.21. The molecule has 0 amide bonds. The fourth-order valence-electron chi connectivity index (χ4n) is 1.87. The molecule has 2 heterocycles. The van der Waals surface area contributed by atoms with Crippen LogP contribution in [-0.2, 0) is 6.42 Å². The summed E-state index contributed by atoms with van der Waals surface area (Å²) in [6.45, 7) is 0. The lowest BCUT2D eigenvalue weighted by atomic mass is 10.1. The summed E-state index contributed by atoms with van der Waals surface area (Å²) in [5.74, 6) is 1.63. The van der Waals surface area contributed by atoms with Crippen LogP contribution in [-0.4, -0.2) is 32.0 Å². The average molecular weight is 256 g/mol. The predicted octanol–water partition coefficient (Wildman–Crippen LogP) is 1.98. The number of aliphatic imine (C=N–C) groups is 1. The standard InChI is InChI=1S/C13H12N4S/c1-2-4-10(5-3-1)8-11-9-18-13(16-11)12-14-6-7-15-17-12/h1-7,11H,8-9H2. The average Bonchev–Trinajstić information content (AvgIpc) is 2.89. The molecular weight excluding hydrogens is 244 g/mol. The third-order valence-electron chi connectivity index (χ3n) is 2.70. The molecule has 1 aromatic heterocycles. The van der Waals surface area contributed by atoms with Crippen molar-refractivity contribution in [1.29, 1.82) is 0 Å². The highest BCUT2D eigenvalue weighted by atomic mass is 32.2. The summed E-state index contributed by atoms with van der Waals surface area (Å²) in [4.78, 5) is 8.85. The van der Waals surface area contributed by atoms with Crippen LogP contribution in [0.25, 0.3) is 0 Å². The molecular formula is C13H12N4S. The molecule has 0 saturated carbocycles. The predicted molar refractivity (Wildman–Crippen MR) is 72.8 cm³/mol. The molecule has 90 valence electrons. The molecule has 0 aliphatic carbocycles. The molecule has 0 radical (unpaired) electrons. The Morgan fingerprint density at radius 3 is 2.83 bits per heavy atom. The highest BCUT2D eigenvalue weighted by molar-refractivity contribution is 8.14. The van der Waals surface area contributed by atoms with Gasteiger partial charge in [-0.1, -0.05) is 30.3 Å². The van der Waals surface area contributed by atoms with Crippen LogP contribution < -0.4 is 0 Å². The first-order valence-electron chi connectivity index (χ1n) is 5.80. The minimum absolute atomic E-state index is 0.316. The quantitative estimate of drug-likeness (QED) is 0.842. The maximum Gasteiger partial charge on any atom is 0.206 e. The second kappa shape index (κ2) is 5.27.